The van der Waals surface area contributed by atoms with Crippen LogP contribution in [-0.2, 0) is 0 Å². The van der Waals surface area contributed by atoms with Gasteiger partial charge in [0.2, 0.25) is 0 Å². The van der Waals surface area contributed by atoms with Crippen molar-refractivity contribution in [1.82, 2.24) is 0 Å². The van der Waals surface area contributed by atoms with Crippen LogP contribution < -0.4 is 4.74 Å². The number of ether oxygens (including phenoxy) is 1. The molecule has 0 aliphatic carbocycles. The van der Waals surface area contributed by atoms with Crippen molar-refractivity contribution in [2.75, 3.05) is 6.61 Å². The first-order valence-electron chi connectivity index (χ1n) is 3.56. The first-order valence-corrected chi connectivity index (χ1v) is 4.35. The molecule has 0 atom stereocenters. The molecule has 1 aliphatic heterocycles. The molecular weight excluding hydrogens is 223 g/mol. The lowest BCUT2D eigenvalue weighted by atomic mass is 10.1. The molecule has 0 saturated heterocycles. The van der Waals surface area contributed by atoms with Crippen LogP contribution in [0.5, 0.6) is 5.75 Å². The average Bonchev–Trinajstić information content (AvgIpc) is 2.12. The van der Waals surface area contributed by atoms with Crippen LogP contribution in [0.15, 0.2) is 22.7 Å². The van der Waals surface area contributed by atoms with Crippen LogP contribution in [-0.4, -0.2) is 6.61 Å². The summed E-state index contributed by atoms with van der Waals surface area (Å²) in [5.41, 5.74) is 0.779. The number of rotatable bonds is 0. The fourth-order valence-electron chi connectivity index (χ4n) is 1.13. The summed E-state index contributed by atoms with van der Waals surface area (Å²) >= 11 is 3.16. The first-order chi connectivity index (χ1) is 5.79. The van der Waals surface area contributed by atoms with Crippen molar-refractivity contribution in [1.29, 1.82) is 0 Å². The zero-order chi connectivity index (χ0) is 8.55. The van der Waals surface area contributed by atoms with Crippen molar-refractivity contribution >= 4 is 22.0 Å². The number of benzene rings is 1. The first kappa shape index (κ1) is 7.80. The van der Waals surface area contributed by atoms with Crippen LogP contribution >= 0.6 is 15.9 Å². The van der Waals surface area contributed by atoms with Gasteiger partial charge in [-0.15, -0.1) is 0 Å². The fraction of sp³-hybridized carbons (Fsp3) is 0.111. The van der Waals surface area contributed by atoms with Gasteiger partial charge in [-0.2, -0.15) is 0 Å². The Morgan fingerprint density at radius 1 is 1.42 bits per heavy atom. The highest BCUT2D eigenvalue weighted by Crippen LogP contribution is 2.32. The smallest absolute Gasteiger partial charge is 0.138 e. The predicted octanol–water partition coefficient (Wildman–Crippen LogP) is 2.99. The molecular formula is C9H6BrFO. The summed E-state index contributed by atoms with van der Waals surface area (Å²) in [7, 11) is 0. The molecule has 0 fully saturated rings. The lowest BCUT2D eigenvalue weighted by molar-refractivity contribution is 0.357. The van der Waals surface area contributed by atoms with Gasteiger partial charge in [-0.05, 0) is 34.1 Å². The van der Waals surface area contributed by atoms with E-state index in [1.165, 1.54) is 6.07 Å². The molecule has 0 radical (unpaired) electrons. The molecule has 0 N–H and O–H groups in total. The second-order valence-electron chi connectivity index (χ2n) is 2.49. The second kappa shape index (κ2) is 2.90. The van der Waals surface area contributed by atoms with Crippen LogP contribution in [0.3, 0.4) is 0 Å². The molecule has 3 heteroatoms. The summed E-state index contributed by atoms with van der Waals surface area (Å²) in [6.07, 6.45) is 3.71. The normalized spacial score (nSPS) is 13.8. The van der Waals surface area contributed by atoms with Gasteiger partial charge >= 0.3 is 0 Å². The Kier molecular flexibility index (Phi) is 1.89. The van der Waals surface area contributed by atoms with Crippen LogP contribution in [0.1, 0.15) is 5.56 Å². The zero-order valence-electron chi connectivity index (χ0n) is 6.18. The molecule has 1 aliphatic rings. The Morgan fingerprint density at radius 2 is 2.25 bits per heavy atom. The minimum Gasteiger partial charge on any atom is -0.489 e. The van der Waals surface area contributed by atoms with E-state index in [0.717, 1.165) is 11.3 Å². The van der Waals surface area contributed by atoms with E-state index in [-0.39, 0.29) is 5.82 Å². The van der Waals surface area contributed by atoms with Gasteiger partial charge in [0.05, 0.1) is 4.47 Å². The van der Waals surface area contributed by atoms with Crippen molar-refractivity contribution in [2.24, 2.45) is 0 Å². The van der Waals surface area contributed by atoms with E-state index in [9.17, 15) is 4.39 Å². The topological polar surface area (TPSA) is 9.23 Å². The SMILES string of the molecule is Fc1ccc2c(c1Br)C=CCO2. The predicted molar refractivity (Wildman–Crippen MR) is 48.6 cm³/mol. The summed E-state index contributed by atoms with van der Waals surface area (Å²) in [5.74, 6) is 0.467. The Labute approximate surface area is 78.0 Å². The van der Waals surface area contributed by atoms with Crippen LogP contribution in [0.2, 0.25) is 0 Å². The Bertz CT molecular complexity index is 347. The highest BCUT2D eigenvalue weighted by Gasteiger charge is 2.11. The van der Waals surface area contributed by atoms with Crippen LogP contribution in [0.4, 0.5) is 4.39 Å². The molecule has 1 heterocycles. The average molecular weight is 229 g/mol. The van der Waals surface area contributed by atoms with E-state index < -0.39 is 0 Å². The van der Waals surface area contributed by atoms with Crippen molar-refractivity contribution in [3.63, 3.8) is 0 Å². The van der Waals surface area contributed by atoms with Crippen molar-refractivity contribution in [2.45, 2.75) is 0 Å². The third kappa shape index (κ3) is 1.14. The van der Waals surface area contributed by atoms with E-state index in [4.69, 9.17) is 4.74 Å². The van der Waals surface area contributed by atoms with E-state index in [1.807, 2.05) is 12.2 Å². The van der Waals surface area contributed by atoms with Gasteiger partial charge in [-0.1, -0.05) is 6.08 Å². The molecule has 1 nitrogen and oxygen atoms in total. The molecule has 0 bridgehead atoms. The Hall–Kier alpha value is -0.830. The molecule has 0 aromatic heterocycles. The monoisotopic (exact) mass is 228 g/mol. The molecule has 62 valence electrons. The quantitative estimate of drug-likeness (QED) is 0.664. The Morgan fingerprint density at radius 3 is 3.08 bits per heavy atom. The minimum absolute atomic E-state index is 0.260. The molecule has 12 heavy (non-hydrogen) atoms. The van der Waals surface area contributed by atoms with E-state index >= 15 is 0 Å². The summed E-state index contributed by atoms with van der Waals surface area (Å²) in [4.78, 5) is 0. The third-order valence-corrected chi connectivity index (χ3v) is 2.52. The van der Waals surface area contributed by atoms with Crippen molar-refractivity contribution in [3.8, 4) is 5.75 Å². The van der Waals surface area contributed by atoms with Crippen LogP contribution in [0.25, 0.3) is 6.08 Å². The van der Waals surface area contributed by atoms with Gasteiger partial charge in [-0.3, -0.25) is 0 Å². The number of hydrogen-bond acceptors (Lipinski definition) is 1. The minimum atomic E-state index is -0.260. The van der Waals surface area contributed by atoms with Gasteiger partial charge in [0.15, 0.2) is 0 Å². The fourth-order valence-corrected chi connectivity index (χ4v) is 1.59. The van der Waals surface area contributed by atoms with E-state index in [1.54, 1.807) is 6.07 Å². The third-order valence-electron chi connectivity index (χ3n) is 1.71. The standard InChI is InChI=1S/C9H6BrFO/c10-9-6-2-1-5-12-8(6)4-3-7(9)11/h1-4H,5H2. The summed E-state index contributed by atoms with van der Waals surface area (Å²) in [6.45, 7) is 0.561. The summed E-state index contributed by atoms with van der Waals surface area (Å²) < 4.78 is 18.7. The maximum absolute atomic E-state index is 13.0. The highest BCUT2D eigenvalue weighted by molar-refractivity contribution is 9.10. The van der Waals surface area contributed by atoms with Gasteiger partial charge in [0.25, 0.3) is 0 Å². The van der Waals surface area contributed by atoms with Crippen molar-refractivity contribution < 1.29 is 9.13 Å². The highest BCUT2D eigenvalue weighted by atomic mass is 79.9. The molecule has 0 saturated carbocycles. The molecule has 1 aromatic rings. The number of hydrogen-bond donors (Lipinski definition) is 0. The lowest BCUT2D eigenvalue weighted by Gasteiger charge is -2.13. The van der Waals surface area contributed by atoms with E-state index in [0.29, 0.717) is 11.1 Å². The lowest BCUT2D eigenvalue weighted by Crippen LogP contribution is -2.01. The number of fused-ring (bicyclic) bond motifs is 1. The maximum Gasteiger partial charge on any atom is 0.138 e. The van der Waals surface area contributed by atoms with Gasteiger partial charge in [-0.25, -0.2) is 4.39 Å². The molecule has 2 rings (SSSR count). The molecule has 1 aromatic carbocycles. The molecule has 0 unspecified atom stereocenters. The maximum atomic E-state index is 13.0. The molecule has 0 spiro atoms. The Balaban J connectivity index is 2.64. The second-order valence-corrected chi connectivity index (χ2v) is 3.28. The van der Waals surface area contributed by atoms with Gasteiger partial charge in [0, 0.05) is 5.56 Å². The summed E-state index contributed by atoms with van der Waals surface area (Å²) in [5, 5.41) is 0. The van der Waals surface area contributed by atoms with E-state index in [2.05, 4.69) is 15.9 Å². The number of halogens is 2. The van der Waals surface area contributed by atoms with Gasteiger partial charge in [0.1, 0.15) is 18.2 Å². The zero-order valence-corrected chi connectivity index (χ0v) is 7.77. The summed E-state index contributed by atoms with van der Waals surface area (Å²) in [6, 6.07) is 3.03. The van der Waals surface area contributed by atoms with Crippen LogP contribution in [0, 0.1) is 5.82 Å². The van der Waals surface area contributed by atoms with Gasteiger partial charge < -0.3 is 4.74 Å². The largest absolute Gasteiger partial charge is 0.489 e. The molecule has 0 amide bonds. The van der Waals surface area contributed by atoms with Crippen molar-refractivity contribution in [3.05, 3.63) is 34.1 Å².